The van der Waals surface area contributed by atoms with Crippen LogP contribution in [0, 0.1) is 0 Å². The zero-order valence-electron chi connectivity index (χ0n) is 15.6. The Labute approximate surface area is 150 Å². The predicted molar refractivity (Wildman–Crippen MR) is 102 cm³/mol. The molecule has 0 amide bonds. The van der Waals surface area contributed by atoms with Gasteiger partial charge in [0.1, 0.15) is 0 Å². The van der Waals surface area contributed by atoms with Crippen LogP contribution in [0.15, 0.2) is 47.7 Å². The molecular weight excluding hydrogens is 314 g/mol. The minimum absolute atomic E-state index is 0.242. The highest BCUT2D eigenvalue weighted by Gasteiger charge is 2.16. The molecule has 0 aliphatic heterocycles. The van der Waals surface area contributed by atoms with Crippen LogP contribution in [0.4, 0.5) is 0 Å². The Morgan fingerprint density at radius 2 is 1.96 bits per heavy atom. The van der Waals surface area contributed by atoms with Gasteiger partial charge in [-0.15, -0.1) is 0 Å². The van der Waals surface area contributed by atoms with Gasteiger partial charge in [0.2, 0.25) is 0 Å². The number of nitrogens with zero attached hydrogens (tertiary/aromatic N) is 3. The fourth-order valence-electron chi connectivity index (χ4n) is 2.31. The number of benzene rings is 1. The van der Waals surface area contributed by atoms with Crippen molar-refractivity contribution in [3.63, 3.8) is 0 Å². The first-order chi connectivity index (χ1) is 12.0. The third-order valence-corrected chi connectivity index (χ3v) is 4.00. The van der Waals surface area contributed by atoms with E-state index in [1.165, 1.54) is 11.1 Å². The zero-order chi connectivity index (χ0) is 18.1. The van der Waals surface area contributed by atoms with Crippen molar-refractivity contribution < 1.29 is 4.74 Å². The molecule has 0 atom stereocenters. The Bertz CT molecular complexity index is 664. The molecule has 0 fully saturated rings. The molecule has 0 aliphatic rings. The van der Waals surface area contributed by atoms with Gasteiger partial charge < -0.3 is 15.4 Å². The lowest BCUT2D eigenvalue weighted by Gasteiger charge is -2.24. The third kappa shape index (κ3) is 6.23. The summed E-state index contributed by atoms with van der Waals surface area (Å²) in [6, 6.07) is 10.3. The molecular formula is C19H29N5O. The number of hydrogen-bond donors (Lipinski definition) is 2. The minimum Gasteiger partial charge on any atom is -0.377 e. The van der Waals surface area contributed by atoms with Crippen molar-refractivity contribution in [2.75, 3.05) is 20.2 Å². The highest BCUT2D eigenvalue weighted by Crippen LogP contribution is 2.12. The maximum atomic E-state index is 5.45. The van der Waals surface area contributed by atoms with Crippen molar-refractivity contribution >= 4 is 5.96 Å². The largest absolute Gasteiger partial charge is 0.377 e. The molecule has 2 rings (SSSR count). The molecule has 2 N–H and O–H groups in total. The van der Waals surface area contributed by atoms with Crippen LogP contribution in [-0.4, -0.2) is 41.5 Å². The van der Waals surface area contributed by atoms with E-state index in [9.17, 15) is 0 Å². The molecule has 0 saturated heterocycles. The van der Waals surface area contributed by atoms with Crippen molar-refractivity contribution in [1.29, 1.82) is 0 Å². The van der Waals surface area contributed by atoms with Crippen LogP contribution in [0.5, 0.6) is 0 Å². The van der Waals surface area contributed by atoms with Gasteiger partial charge in [-0.05, 0) is 38.0 Å². The van der Waals surface area contributed by atoms with Gasteiger partial charge in [-0.3, -0.25) is 4.68 Å². The summed E-state index contributed by atoms with van der Waals surface area (Å²) >= 11 is 0. The second-order valence-corrected chi connectivity index (χ2v) is 6.48. The van der Waals surface area contributed by atoms with Gasteiger partial charge in [-0.1, -0.05) is 24.3 Å². The first-order valence-electron chi connectivity index (χ1n) is 8.65. The Balaban J connectivity index is 2.06. The highest BCUT2D eigenvalue weighted by atomic mass is 16.5. The van der Waals surface area contributed by atoms with Gasteiger partial charge in [0, 0.05) is 32.6 Å². The summed E-state index contributed by atoms with van der Waals surface area (Å²) in [5.74, 6) is 0.793. The standard InChI is InChI=1S/C19H29N5O/c1-5-20-18(22-15-19(2,3)25-4)21-13-16-9-6-7-10-17(16)14-24-12-8-11-23-24/h6-12H,5,13-15H2,1-4H3,(H2,20,21,22). The van der Waals surface area contributed by atoms with E-state index in [-0.39, 0.29) is 5.60 Å². The fraction of sp³-hybridized carbons (Fsp3) is 0.474. The van der Waals surface area contributed by atoms with Gasteiger partial charge in [0.05, 0.1) is 18.7 Å². The van der Waals surface area contributed by atoms with Gasteiger partial charge in [0.25, 0.3) is 0 Å². The smallest absolute Gasteiger partial charge is 0.191 e. The predicted octanol–water partition coefficient (Wildman–Crippen LogP) is 2.41. The van der Waals surface area contributed by atoms with Crippen LogP contribution in [0.2, 0.25) is 0 Å². The lowest BCUT2D eigenvalue weighted by molar-refractivity contribution is 0.0268. The number of aliphatic imine (C=N–C) groups is 1. The first kappa shape index (κ1) is 19.0. The van der Waals surface area contributed by atoms with E-state index in [2.05, 4.69) is 40.9 Å². The van der Waals surface area contributed by atoms with E-state index in [1.54, 1.807) is 13.3 Å². The minimum atomic E-state index is -0.242. The second-order valence-electron chi connectivity index (χ2n) is 6.48. The molecule has 1 aromatic carbocycles. The van der Waals surface area contributed by atoms with Crippen molar-refractivity contribution in [3.8, 4) is 0 Å². The maximum Gasteiger partial charge on any atom is 0.191 e. The Morgan fingerprint density at radius 1 is 1.20 bits per heavy atom. The number of rotatable bonds is 8. The van der Waals surface area contributed by atoms with E-state index >= 15 is 0 Å². The molecule has 136 valence electrons. The fourth-order valence-corrected chi connectivity index (χ4v) is 2.31. The van der Waals surface area contributed by atoms with Gasteiger partial charge in [-0.2, -0.15) is 5.10 Å². The lowest BCUT2D eigenvalue weighted by Crippen LogP contribution is -2.45. The van der Waals surface area contributed by atoms with Gasteiger partial charge in [-0.25, -0.2) is 4.99 Å². The highest BCUT2D eigenvalue weighted by molar-refractivity contribution is 5.79. The van der Waals surface area contributed by atoms with Crippen LogP contribution >= 0.6 is 0 Å². The summed E-state index contributed by atoms with van der Waals surface area (Å²) in [6.45, 7) is 9.01. The van der Waals surface area contributed by atoms with Crippen molar-refractivity contribution in [2.24, 2.45) is 4.99 Å². The average molecular weight is 343 g/mol. The van der Waals surface area contributed by atoms with Crippen LogP contribution < -0.4 is 10.6 Å². The van der Waals surface area contributed by atoms with E-state index in [4.69, 9.17) is 9.73 Å². The summed E-state index contributed by atoms with van der Waals surface area (Å²) in [6.07, 6.45) is 3.77. The molecule has 0 radical (unpaired) electrons. The molecule has 2 aromatic rings. The van der Waals surface area contributed by atoms with E-state index in [1.807, 2.05) is 36.9 Å². The number of nitrogens with one attached hydrogen (secondary N) is 2. The molecule has 0 unspecified atom stereocenters. The zero-order valence-corrected chi connectivity index (χ0v) is 15.6. The van der Waals surface area contributed by atoms with Gasteiger partial charge >= 0.3 is 0 Å². The average Bonchev–Trinajstić information content (AvgIpc) is 3.11. The van der Waals surface area contributed by atoms with Crippen molar-refractivity contribution in [2.45, 2.75) is 39.5 Å². The molecule has 1 heterocycles. The molecule has 25 heavy (non-hydrogen) atoms. The summed E-state index contributed by atoms with van der Waals surface area (Å²) in [7, 11) is 1.72. The van der Waals surface area contributed by atoms with Crippen LogP contribution in [-0.2, 0) is 17.8 Å². The quantitative estimate of drug-likeness (QED) is 0.571. The Hall–Kier alpha value is -2.34. The summed E-state index contributed by atoms with van der Waals surface area (Å²) in [4.78, 5) is 4.72. The summed E-state index contributed by atoms with van der Waals surface area (Å²) < 4.78 is 7.38. The normalized spacial score (nSPS) is 12.2. The van der Waals surface area contributed by atoms with E-state index < -0.39 is 0 Å². The third-order valence-electron chi connectivity index (χ3n) is 4.00. The molecule has 6 heteroatoms. The number of methoxy groups -OCH3 is 1. The lowest BCUT2D eigenvalue weighted by atomic mass is 10.1. The molecule has 6 nitrogen and oxygen atoms in total. The van der Waals surface area contributed by atoms with Crippen LogP contribution in [0.3, 0.4) is 0 Å². The Kier molecular flexibility index (Phi) is 7.01. The van der Waals surface area contributed by atoms with E-state index in [0.29, 0.717) is 13.1 Å². The first-order valence-corrected chi connectivity index (χ1v) is 8.65. The SMILES string of the molecule is CCNC(=NCc1ccccc1Cn1cccn1)NCC(C)(C)OC. The molecule has 0 aliphatic carbocycles. The monoisotopic (exact) mass is 343 g/mol. The number of hydrogen-bond acceptors (Lipinski definition) is 3. The van der Waals surface area contributed by atoms with Crippen LogP contribution in [0.25, 0.3) is 0 Å². The van der Waals surface area contributed by atoms with Gasteiger partial charge in [0.15, 0.2) is 5.96 Å². The maximum absolute atomic E-state index is 5.45. The van der Waals surface area contributed by atoms with Crippen LogP contribution in [0.1, 0.15) is 31.9 Å². The molecule has 0 spiro atoms. The Morgan fingerprint density at radius 3 is 2.60 bits per heavy atom. The second kappa shape index (κ2) is 9.22. The summed E-state index contributed by atoms with van der Waals surface area (Å²) in [5.41, 5.74) is 2.18. The number of aromatic nitrogens is 2. The number of guanidine groups is 1. The molecule has 1 aromatic heterocycles. The number of ether oxygens (including phenoxy) is 1. The van der Waals surface area contributed by atoms with E-state index in [0.717, 1.165) is 19.0 Å². The van der Waals surface area contributed by atoms with Crippen molar-refractivity contribution in [1.82, 2.24) is 20.4 Å². The molecule has 0 bridgehead atoms. The summed E-state index contributed by atoms with van der Waals surface area (Å²) in [5, 5.41) is 10.9. The molecule has 0 saturated carbocycles. The van der Waals surface area contributed by atoms with Crippen molar-refractivity contribution in [3.05, 3.63) is 53.9 Å². The topological polar surface area (TPSA) is 63.5 Å².